The molecule has 0 saturated heterocycles. The van der Waals surface area contributed by atoms with E-state index in [4.69, 9.17) is 4.74 Å². The Morgan fingerprint density at radius 3 is 3.09 bits per heavy atom. The molecule has 0 fully saturated rings. The van der Waals surface area contributed by atoms with Crippen LogP contribution >= 0.6 is 11.3 Å². The Morgan fingerprint density at radius 2 is 2.30 bits per heavy atom. The molecular formula is C17H14N2O3S. The summed E-state index contributed by atoms with van der Waals surface area (Å²) in [5.41, 5.74) is 2.64. The largest absolute Gasteiger partial charge is 0.456 e. The van der Waals surface area contributed by atoms with Crippen LogP contribution in [0.3, 0.4) is 0 Å². The van der Waals surface area contributed by atoms with Crippen LogP contribution in [0.15, 0.2) is 52.1 Å². The van der Waals surface area contributed by atoms with Crippen molar-refractivity contribution in [1.82, 2.24) is 9.38 Å². The van der Waals surface area contributed by atoms with Gasteiger partial charge in [0, 0.05) is 18.3 Å². The van der Waals surface area contributed by atoms with Gasteiger partial charge in [-0.05, 0) is 47.0 Å². The minimum Gasteiger partial charge on any atom is -0.456 e. The van der Waals surface area contributed by atoms with Gasteiger partial charge in [-0.1, -0.05) is 6.07 Å². The van der Waals surface area contributed by atoms with E-state index >= 15 is 0 Å². The lowest BCUT2D eigenvalue weighted by Gasteiger charge is -2.06. The standard InChI is InChI=1S/C17H14N2O3S/c1-12-3-2-7-19-15(20)9-14(18-17(12)19)10-22-16(21)5-4-13-6-8-23-11-13/h2-9,11H,10H2,1H3/b5-4+. The molecule has 116 valence electrons. The molecule has 3 heterocycles. The number of rotatable bonds is 4. The van der Waals surface area contributed by atoms with Crippen LogP contribution in [-0.4, -0.2) is 15.4 Å². The Bertz CT molecular complexity index is 927. The molecule has 0 spiro atoms. The van der Waals surface area contributed by atoms with E-state index in [1.54, 1.807) is 29.7 Å². The second-order valence-electron chi connectivity index (χ2n) is 4.97. The van der Waals surface area contributed by atoms with E-state index in [-0.39, 0.29) is 12.2 Å². The highest BCUT2D eigenvalue weighted by Crippen LogP contribution is 2.09. The van der Waals surface area contributed by atoms with E-state index in [1.165, 1.54) is 16.5 Å². The van der Waals surface area contributed by atoms with E-state index < -0.39 is 5.97 Å². The minimum absolute atomic E-state index is 0.0348. The second-order valence-corrected chi connectivity index (χ2v) is 5.75. The smallest absolute Gasteiger partial charge is 0.331 e. The van der Waals surface area contributed by atoms with Crippen LogP contribution in [-0.2, 0) is 16.1 Å². The lowest BCUT2D eigenvalue weighted by Crippen LogP contribution is -2.17. The van der Waals surface area contributed by atoms with Crippen LogP contribution in [0.5, 0.6) is 0 Å². The predicted molar refractivity (Wildman–Crippen MR) is 89.3 cm³/mol. The van der Waals surface area contributed by atoms with E-state index in [2.05, 4.69) is 4.98 Å². The molecule has 0 bridgehead atoms. The Kier molecular flexibility index (Phi) is 4.34. The number of hydrogen-bond donors (Lipinski definition) is 0. The first-order chi connectivity index (χ1) is 11.1. The molecule has 5 nitrogen and oxygen atoms in total. The molecule has 0 aromatic carbocycles. The van der Waals surface area contributed by atoms with E-state index in [0.717, 1.165) is 11.1 Å². The van der Waals surface area contributed by atoms with Crippen LogP contribution in [0.25, 0.3) is 11.7 Å². The van der Waals surface area contributed by atoms with Crippen LogP contribution in [0.1, 0.15) is 16.8 Å². The zero-order chi connectivity index (χ0) is 16.2. The SMILES string of the molecule is Cc1cccn2c(=O)cc(COC(=O)/C=C/c3ccsc3)nc12. The Balaban J connectivity index is 1.73. The van der Waals surface area contributed by atoms with Gasteiger partial charge < -0.3 is 4.74 Å². The van der Waals surface area contributed by atoms with Gasteiger partial charge in [0.25, 0.3) is 5.56 Å². The summed E-state index contributed by atoms with van der Waals surface area (Å²) in [5, 5.41) is 3.86. The molecule has 0 aliphatic heterocycles. The van der Waals surface area contributed by atoms with Gasteiger partial charge in [0.15, 0.2) is 0 Å². The fourth-order valence-corrected chi connectivity index (χ4v) is 2.74. The third-order valence-corrected chi connectivity index (χ3v) is 3.96. The number of nitrogens with zero attached hydrogens (tertiary/aromatic N) is 2. The molecule has 0 atom stereocenters. The monoisotopic (exact) mass is 326 g/mol. The predicted octanol–water partition coefficient (Wildman–Crippen LogP) is 2.82. The first kappa shape index (κ1) is 15.2. The zero-order valence-electron chi connectivity index (χ0n) is 12.4. The number of aromatic nitrogens is 2. The molecule has 0 amide bonds. The summed E-state index contributed by atoms with van der Waals surface area (Å²) in [6.07, 6.45) is 4.71. The maximum atomic E-state index is 12.0. The van der Waals surface area contributed by atoms with Crippen LogP contribution in [0, 0.1) is 6.92 Å². The van der Waals surface area contributed by atoms with Gasteiger partial charge in [-0.25, -0.2) is 9.78 Å². The summed E-state index contributed by atoms with van der Waals surface area (Å²) in [6, 6.07) is 6.95. The fourth-order valence-electron chi connectivity index (χ4n) is 2.11. The summed E-state index contributed by atoms with van der Waals surface area (Å²) in [5.74, 6) is -0.469. The van der Waals surface area contributed by atoms with E-state index in [1.807, 2.05) is 29.8 Å². The molecule has 0 saturated carbocycles. The van der Waals surface area contributed by atoms with Crippen molar-refractivity contribution in [2.75, 3.05) is 0 Å². The van der Waals surface area contributed by atoms with Crippen molar-refractivity contribution < 1.29 is 9.53 Å². The number of carbonyl (C=O) groups is 1. The van der Waals surface area contributed by atoms with E-state index in [0.29, 0.717) is 11.3 Å². The summed E-state index contributed by atoms with van der Waals surface area (Å²) in [4.78, 5) is 28.1. The number of carbonyl (C=O) groups excluding carboxylic acids is 1. The molecule has 3 aromatic heterocycles. The highest BCUT2D eigenvalue weighted by Gasteiger charge is 2.06. The quantitative estimate of drug-likeness (QED) is 0.546. The van der Waals surface area contributed by atoms with Gasteiger partial charge in [-0.2, -0.15) is 11.3 Å². The van der Waals surface area contributed by atoms with Crippen molar-refractivity contribution in [3.8, 4) is 0 Å². The number of hydrogen-bond acceptors (Lipinski definition) is 5. The number of esters is 1. The summed E-state index contributed by atoms with van der Waals surface area (Å²) < 4.78 is 6.61. The molecule has 6 heteroatoms. The number of ether oxygens (including phenoxy) is 1. The maximum Gasteiger partial charge on any atom is 0.331 e. The van der Waals surface area contributed by atoms with Crippen molar-refractivity contribution >= 4 is 29.0 Å². The van der Waals surface area contributed by atoms with Gasteiger partial charge in [0.05, 0.1) is 5.69 Å². The van der Waals surface area contributed by atoms with E-state index in [9.17, 15) is 9.59 Å². The Labute approximate surface area is 136 Å². The molecular weight excluding hydrogens is 312 g/mol. The van der Waals surface area contributed by atoms with Crippen molar-refractivity contribution in [2.24, 2.45) is 0 Å². The average Bonchev–Trinajstić information content (AvgIpc) is 3.05. The van der Waals surface area contributed by atoms with Crippen LogP contribution < -0.4 is 5.56 Å². The van der Waals surface area contributed by atoms with Crippen LogP contribution in [0.4, 0.5) is 0 Å². The minimum atomic E-state index is -0.469. The highest BCUT2D eigenvalue weighted by atomic mass is 32.1. The highest BCUT2D eigenvalue weighted by molar-refractivity contribution is 7.08. The van der Waals surface area contributed by atoms with Gasteiger partial charge in [0.2, 0.25) is 0 Å². The number of aryl methyl sites for hydroxylation is 1. The maximum absolute atomic E-state index is 12.0. The Hall–Kier alpha value is -2.73. The normalized spacial score (nSPS) is 11.2. The Morgan fingerprint density at radius 1 is 1.43 bits per heavy atom. The zero-order valence-corrected chi connectivity index (χ0v) is 13.2. The molecule has 3 rings (SSSR count). The van der Waals surface area contributed by atoms with Crippen molar-refractivity contribution in [3.63, 3.8) is 0 Å². The van der Waals surface area contributed by atoms with Crippen LogP contribution in [0.2, 0.25) is 0 Å². The number of fused-ring (bicyclic) bond motifs is 1. The lowest BCUT2D eigenvalue weighted by atomic mass is 10.3. The number of pyridine rings is 1. The summed E-state index contributed by atoms with van der Waals surface area (Å²) in [6.45, 7) is 1.84. The molecule has 23 heavy (non-hydrogen) atoms. The summed E-state index contributed by atoms with van der Waals surface area (Å²) in [7, 11) is 0. The van der Waals surface area contributed by atoms with Gasteiger partial charge in [0.1, 0.15) is 12.3 Å². The molecule has 0 aliphatic rings. The second kappa shape index (κ2) is 6.58. The molecule has 0 aliphatic carbocycles. The first-order valence-electron chi connectivity index (χ1n) is 6.98. The fraction of sp³-hybridized carbons (Fsp3) is 0.118. The lowest BCUT2D eigenvalue weighted by molar-refractivity contribution is -0.139. The first-order valence-corrected chi connectivity index (χ1v) is 7.93. The molecule has 0 radical (unpaired) electrons. The molecule has 3 aromatic rings. The topological polar surface area (TPSA) is 60.7 Å². The van der Waals surface area contributed by atoms with Crippen molar-refractivity contribution in [3.05, 3.63) is 74.5 Å². The third kappa shape index (κ3) is 3.54. The molecule has 0 N–H and O–H groups in total. The number of thiophene rings is 1. The van der Waals surface area contributed by atoms with Crippen molar-refractivity contribution in [2.45, 2.75) is 13.5 Å². The molecule has 0 unspecified atom stereocenters. The average molecular weight is 326 g/mol. The third-order valence-electron chi connectivity index (χ3n) is 3.26. The van der Waals surface area contributed by atoms with Crippen molar-refractivity contribution in [1.29, 1.82) is 0 Å². The van der Waals surface area contributed by atoms with Gasteiger partial charge >= 0.3 is 5.97 Å². The summed E-state index contributed by atoms with van der Waals surface area (Å²) >= 11 is 1.56. The van der Waals surface area contributed by atoms with Gasteiger partial charge in [-0.3, -0.25) is 9.20 Å². The van der Waals surface area contributed by atoms with Gasteiger partial charge in [-0.15, -0.1) is 0 Å².